The fourth-order valence-corrected chi connectivity index (χ4v) is 2.51. The lowest BCUT2D eigenvalue weighted by atomic mass is 10.1. The first kappa shape index (κ1) is 19.0. The van der Waals surface area contributed by atoms with Gasteiger partial charge < -0.3 is 24.6 Å². The summed E-state index contributed by atoms with van der Waals surface area (Å²) in [6.07, 6.45) is 1.62. The number of rotatable bonds is 7. The minimum atomic E-state index is -1.15. The zero-order valence-electron chi connectivity index (χ0n) is 14.9. The number of carbonyl (C=O) groups is 3. The van der Waals surface area contributed by atoms with Crippen molar-refractivity contribution in [3.8, 4) is 17.2 Å². The van der Waals surface area contributed by atoms with Crippen molar-refractivity contribution in [3.63, 3.8) is 0 Å². The first-order valence-electron chi connectivity index (χ1n) is 8.30. The van der Waals surface area contributed by atoms with Crippen LogP contribution in [0.25, 0.3) is 6.08 Å². The lowest BCUT2D eigenvalue weighted by molar-refractivity contribution is -0.138. The number of hydrogen-bond acceptors (Lipinski definition) is 6. The second-order valence-corrected chi connectivity index (χ2v) is 5.83. The molecule has 0 atom stereocenters. The summed E-state index contributed by atoms with van der Waals surface area (Å²) in [6.45, 7) is -0.838. The van der Waals surface area contributed by atoms with Crippen LogP contribution in [0.15, 0.2) is 48.2 Å². The Morgan fingerprint density at radius 2 is 2.00 bits per heavy atom. The number of methoxy groups -OCH3 is 1. The highest BCUT2D eigenvalue weighted by Crippen LogP contribution is 2.35. The summed E-state index contributed by atoms with van der Waals surface area (Å²) in [5.41, 5.74) is 1.14. The number of carboxylic acids is 1. The van der Waals surface area contributed by atoms with Crippen LogP contribution in [0.5, 0.6) is 17.2 Å². The molecule has 0 unspecified atom stereocenters. The Labute approximate surface area is 160 Å². The standard InChI is InChI=1S/C20H17NO7/c1-26-13-4-2-3-12(7-13)8-17-20(25)15-6-5-14(9-16(15)28-17)27-11-18(22)21-10-19(23)24/h2-9H,10-11H2,1H3,(H,21,22)(H,23,24). The van der Waals surface area contributed by atoms with Gasteiger partial charge in [0.15, 0.2) is 12.4 Å². The SMILES string of the molecule is COc1cccc(C=C2Oc3cc(OCC(=O)NCC(=O)O)ccc3C2=O)c1. The van der Waals surface area contributed by atoms with E-state index in [0.717, 1.165) is 5.56 Å². The molecule has 1 heterocycles. The number of nitrogens with one attached hydrogen (secondary N) is 1. The van der Waals surface area contributed by atoms with E-state index in [4.69, 9.17) is 19.3 Å². The summed E-state index contributed by atoms with van der Waals surface area (Å²) in [6, 6.07) is 11.8. The number of aliphatic carboxylic acids is 1. The van der Waals surface area contributed by atoms with Crippen LogP contribution in [-0.2, 0) is 9.59 Å². The van der Waals surface area contributed by atoms with Gasteiger partial charge in [0.05, 0.1) is 12.7 Å². The van der Waals surface area contributed by atoms with Crippen LogP contribution >= 0.6 is 0 Å². The number of hydrogen-bond donors (Lipinski definition) is 2. The van der Waals surface area contributed by atoms with Crippen LogP contribution in [0.1, 0.15) is 15.9 Å². The molecule has 0 radical (unpaired) electrons. The van der Waals surface area contributed by atoms with Gasteiger partial charge in [-0.1, -0.05) is 12.1 Å². The van der Waals surface area contributed by atoms with Crippen LogP contribution in [0.2, 0.25) is 0 Å². The second kappa shape index (κ2) is 8.26. The van der Waals surface area contributed by atoms with Gasteiger partial charge in [0, 0.05) is 6.07 Å². The summed E-state index contributed by atoms with van der Waals surface area (Å²) in [5, 5.41) is 10.7. The van der Waals surface area contributed by atoms with E-state index >= 15 is 0 Å². The van der Waals surface area contributed by atoms with E-state index in [2.05, 4.69) is 5.32 Å². The molecule has 1 aliphatic rings. The van der Waals surface area contributed by atoms with Crippen molar-refractivity contribution >= 4 is 23.7 Å². The highest BCUT2D eigenvalue weighted by atomic mass is 16.5. The highest BCUT2D eigenvalue weighted by Gasteiger charge is 2.27. The number of Topliss-reactive ketones (excluding diaryl/α,β-unsaturated/α-hetero) is 1. The quantitative estimate of drug-likeness (QED) is 0.702. The normalized spacial score (nSPS) is 13.6. The molecule has 0 spiro atoms. The molecular formula is C20H17NO7. The van der Waals surface area contributed by atoms with Crippen molar-refractivity contribution in [2.45, 2.75) is 0 Å². The molecule has 0 aliphatic carbocycles. The first-order chi connectivity index (χ1) is 13.5. The van der Waals surface area contributed by atoms with Gasteiger partial charge >= 0.3 is 5.97 Å². The number of amides is 1. The summed E-state index contributed by atoms with van der Waals surface area (Å²) >= 11 is 0. The third-order valence-corrected chi connectivity index (χ3v) is 3.84. The fraction of sp³-hybridized carbons (Fsp3) is 0.150. The van der Waals surface area contributed by atoms with Gasteiger partial charge in [0.1, 0.15) is 23.8 Å². The predicted molar refractivity (Wildman–Crippen MR) is 98.5 cm³/mol. The maximum Gasteiger partial charge on any atom is 0.322 e. The van der Waals surface area contributed by atoms with E-state index in [1.165, 1.54) is 6.07 Å². The molecule has 0 fully saturated rings. The predicted octanol–water partition coefficient (Wildman–Crippen LogP) is 1.89. The van der Waals surface area contributed by atoms with E-state index in [1.807, 2.05) is 6.07 Å². The van der Waals surface area contributed by atoms with E-state index in [1.54, 1.807) is 43.5 Å². The topological polar surface area (TPSA) is 111 Å². The molecule has 1 aliphatic heterocycles. The van der Waals surface area contributed by atoms with E-state index < -0.39 is 18.4 Å². The first-order valence-corrected chi connectivity index (χ1v) is 8.30. The molecule has 0 aromatic heterocycles. The third kappa shape index (κ3) is 4.47. The lowest BCUT2D eigenvalue weighted by Crippen LogP contribution is -2.33. The van der Waals surface area contributed by atoms with Crippen molar-refractivity contribution < 1.29 is 33.7 Å². The summed E-state index contributed by atoms with van der Waals surface area (Å²) < 4.78 is 16.1. The van der Waals surface area contributed by atoms with Crippen LogP contribution in [0, 0.1) is 0 Å². The third-order valence-electron chi connectivity index (χ3n) is 3.84. The van der Waals surface area contributed by atoms with Gasteiger partial charge in [-0.05, 0) is 35.9 Å². The van der Waals surface area contributed by atoms with Crippen molar-refractivity contribution in [1.29, 1.82) is 0 Å². The van der Waals surface area contributed by atoms with Crippen molar-refractivity contribution in [2.75, 3.05) is 20.3 Å². The average Bonchev–Trinajstić information content (AvgIpc) is 2.99. The lowest BCUT2D eigenvalue weighted by Gasteiger charge is -2.07. The van der Waals surface area contributed by atoms with Crippen molar-refractivity contribution in [3.05, 3.63) is 59.4 Å². The smallest absolute Gasteiger partial charge is 0.322 e. The highest BCUT2D eigenvalue weighted by molar-refractivity contribution is 6.14. The van der Waals surface area contributed by atoms with Gasteiger partial charge in [-0.2, -0.15) is 0 Å². The zero-order chi connectivity index (χ0) is 20.1. The molecule has 3 rings (SSSR count). The monoisotopic (exact) mass is 383 g/mol. The molecule has 0 bridgehead atoms. The van der Waals surface area contributed by atoms with Gasteiger partial charge in [-0.3, -0.25) is 14.4 Å². The molecule has 2 aromatic rings. The number of ether oxygens (including phenoxy) is 3. The van der Waals surface area contributed by atoms with Gasteiger partial charge in [-0.15, -0.1) is 0 Å². The molecular weight excluding hydrogens is 366 g/mol. The molecule has 8 heteroatoms. The molecule has 0 saturated heterocycles. The molecule has 144 valence electrons. The number of carbonyl (C=O) groups excluding carboxylic acids is 2. The number of ketones is 1. The summed E-state index contributed by atoms with van der Waals surface area (Å²) in [5.74, 6) is -0.508. The zero-order valence-corrected chi connectivity index (χ0v) is 14.9. The molecule has 1 amide bonds. The van der Waals surface area contributed by atoms with Gasteiger partial charge in [0.25, 0.3) is 5.91 Å². The van der Waals surface area contributed by atoms with E-state index in [-0.39, 0.29) is 18.1 Å². The number of fused-ring (bicyclic) bond motifs is 1. The summed E-state index contributed by atoms with van der Waals surface area (Å²) in [4.78, 5) is 34.4. The van der Waals surface area contributed by atoms with Crippen LogP contribution in [-0.4, -0.2) is 43.0 Å². The molecule has 8 nitrogen and oxygen atoms in total. The fourth-order valence-electron chi connectivity index (χ4n) is 2.51. The van der Waals surface area contributed by atoms with Crippen molar-refractivity contribution in [1.82, 2.24) is 5.32 Å². The van der Waals surface area contributed by atoms with E-state index in [9.17, 15) is 14.4 Å². The number of carboxylic acid groups (broad SMARTS) is 1. The summed E-state index contributed by atoms with van der Waals surface area (Å²) in [7, 11) is 1.56. The molecule has 0 saturated carbocycles. The maximum absolute atomic E-state index is 12.5. The minimum absolute atomic E-state index is 0.166. The average molecular weight is 383 g/mol. The largest absolute Gasteiger partial charge is 0.497 e. The number of benzene rings is 2. The van der Waals surface area contributed by atoms with Gasteiger partial charge in [0.2, 0.25) is 5.78 Å². The maximum atomic E-state index is 12.5. The Morgan fingerprint density at radius 1 is 1.18 bits per heavy atom. The Morgan fingerprint density at radius 3 is 2.75 bits per heavy atom. The van der Waals surface area contributed by atoms with Crippen LogP contribution < -0.4 is 19.5 Å². The Hall–Kier alpha value is -3.81. The molecule has 28 heavy (non-hydrogen) atoms. The van der Waals surface area contributed by atoms with Gasteiger partial charge in [-0.25, -0.2) is 0 Å². The van der Waals surface area contributed by atoms with E-state index in [0.29, 0.717) is 22.8 Å². The Balaban J connectivity index is 1.69. The number of allylic oxidation sites excluding steroid dienone is 1. The second-order valence-electron chi connectivity index (χ2n) is 5.83. The molecule has 2 aromatic carbocycles. The molecule has 2 N–H and O–H groups in total. The minimum Gasteiger partial charge on any atom is -0.497 e. The van der Waals surface area contributed by atoms with Crippen LogP contribution in [0.3, 0.4) is 0 Å². The van der Waals surface area contributed by atoms with Crippen molar-refractivity contribution in [2.24, 2.45) is 0 Å². The van der Waals surface area contributed by atoms with Crippen LogP contribution in [0.4, 0.5) is 0 Å². The Bertz CT molecular complexity index is 965. The Kier molecular flexibility index (Phi) is 5.59.